The molecule has 1 atom stereocenters. The Hall–Kier alpha value is 0.116. The van der Waals surface area contributed by atoms with Gasteiger partial charge in [-0.25, -0.2) is 14.4 Å². The Labute approximate surface area is 117 Å². The van der Waals surface area contributed by atoms with Crippen LogP contribution < -0.4 is 56.5 Å². The number of carbonyl (C=O) groups excluding carboxylic acids is 1. The number of aliphatic carboxylic acids is 1. The summed E-state index contributed by atoms with van der Waals surface area (Å²) >= 11 is 0. The number of carbonyl (C=O) groups is 1. The van der Waals surface area contributed by atoms with Crippen molar-refractivity contribution in [2.24, 2.45) is 0 Å². The summed E-state index contributed by atoms with van der Waals surface area (Å²) in [6.07, 6.45) is 2.01. The Morgan fingerprint density at radius 3 is 2.77 bits per heavy atom. The van der Waals surface area contributed by atoms with Crippen molar-refractivity contribution < 1.29 is 65.7 Å². The van der Waals surface area contributed by atoms with Gasteiger partial charge in [-0.3, -0.25) is 0 Å². The molecule has 13 heavy (non-hydrogen) atoms. The van der Waals surface area contributed by atoms with Gasteiger partial charge < -0.3 is 9.90 Å². The normalized spacial score (nSPS) is 11.5. The minimum atomic E-state index is -1.35. The predicted octanol–water partition coefficient (Wildman–Crippen LogP) is -3.53. The molecular formula is C7H6FKN2O2. The molecule has 0 aromatic carbocycles. The average Bonchev–Trinajstić information content (AvgIpc) is 2.04. The standard InChI is InChI=1S/C7H7FN2O2.K/c1-4(7(11)12)6-5(8)2-9-3-10-6;/h2-4H,1H3,(H,11,12);/q;+1/p-1. The van der Waals surface area contributed by atoms with Gasteiger partial charge in [0.05, 0.1) is 17.9 Å². The first kappa shape index (κ1) is 13.1. The van der Waals surface area contributed by atoms with Gasteiger partial charge in [0.2, 0.25) is 0 Å². The van der Waals surface area contributed by atoms with Gasteiger partial charge in [0.1, 0.15) is 6.33 Å². The van der Waals surface area contributed by atoms with Gasteiger partial charge in [-0.2, -0.15) is 0 Å². The van der Waals surface area contributed by atoms with E-state index in [1.807, 2.05) is 0 Å². The zero-order chi connectivity index (χ0) is 9.14. The van der Waals surface area contributed by atoms with E-state index < -0.39 is 17.7 Å². The number of hydrogen-bond acceptors (Lipinski definition) is 4. The van der Waals surface area contributed by atoms with Gasteiger partial charge in [0.15, 0.2) is 5.82 Å². The smallest absolute Gasteiger partial charge is 0.549 e. The van der Waals surface area contributed by atoms with E-state index in [1.54, 1.807) is 0 Å². The summed E-state index contributed by atoms with van der Waals surface area (Å²) in [5.41, 5.74) is -0.148. The fourth-order valence-corrected chi connectivity index (χ4v) is 0.752. The van der Waals surface area contributed by atoms with Crippen LogP contribution in [0.4, 0.5) is 4.39 Å². The van der Waals surface area contributed by atoms with E-state index in [0.29, 0.717) is 0 Å². The zero-order valence-corrected chi connectivity index (χ0v) is 10.4. The number of carboxylic acids is 1. The van der Waals surface area contributed by atoms with E-state index in [0.717, 1.165) is 12.5 Å². The molecule has 0 aliphatic carbocycles. The summed E-state index contributed by atoms with van der Waals surface area (Å²) < 4.78 is 12.8. The molecule has 1 heterocycles. The number of hydrogen-bond donors (Lipinski definition) is 0. The summed E-state index contributed by atoms with van der Waals surface area (Å²) in [4.78, 5) is 17.2. The van der Waals surface area contributed by atoms with Crippen molar-refractivity contribution in [1.29, 1.82) is 0 Å². The molecule has 64 valence electrons. The maximum atomic E-state index is 12.8. The molecule has 1 unspecified atom stereocenters. The molecule has 0 fully saturated rings. The number of nitrogens with zero attached hydrogens (tertiary/aromatic N) is 2. The third kappa shape index (κ3) is 3.39. The molecule has 1 rings (SSSR count). The summed E-state index contributed by atoms with van der Waals surface area (Å²) in [6.45, 7) is 1.31. The minimum Gasteiger partial charge on any atom is -0.549 e. The molecule has 0 bridgehead atoms. The molecule has 0 aliphatic heterocycles. The molecule has 0 amide bonds. The van der Waals surface area contributed by atoms with Crippen LogP contribution in [-0.2, 0) is 4.79 Å². The average molecular weight is 208 g/mol. The first-order valence-electron chi connectivity index (χ1n) is 3.29. The van der Waals surface area contributed by atoms with Crippen molar-refractivity contribution in [3.63, 3.8) is 0 Å². The monoisotopic (exact) mass is 208 g/mol. The molecule has 4 nitrogen and oxygen atoms in total. The molecule has 0 saturated carbocycles. The van der Waals surface area contributed by atoms with Gasteiger partial charge in [-0.05, 0) is 0 Å². The molecule has 6 heteroatoms. The second-order valence-electron chi connectivity index (χ2n) is 2.30. The van der Waals surface area contributed by atoms with Crippen molar-refractivity contribution in [3.8, 4) is 0 Å². The summed E-state index contributed by atoms with van der Waals surface area (Å²) in [7, 11) is 0. The van der Waals surface area contributed by atoms with Crippen LogP contribution in [0.3, 0.4) is 0 Å². The Morgan fingerprint density at radius 2 is 2.31 bits per heavy atom. The molecule has 1 aromatic rings. The SMILES string of the molecule is CC(C(=O)[O-])c1ncncc1F.[K+]. The van der Waals surface area contributed by atoms with Crippen molar-refractivity contribution in [3.05, 3.63) is 24.0 Å². The van der Waals surface area contributed by atoms with Crippen LogP contribution in [-0.4, -0.2) is 15.9 Å². The summed E-state index contributed by atoms with van der Waals surface area (Å²) in [5.74, 6) is -3.13. The third-order valence-electron chi connectivity index (χ3n) is 1.46. The fourth-order valence-electron chi connectivity index (χ4n) is 0.752. The van der Waals surface area contributed by atoms with Crippen LogP contribution in [0, 0.1) is 5.82 Å². The largest absolute Gasteiger partial charge is 1.00 e. The quantitative estimate of drug-likeness (QED) is 0.472. The Balaban J connectivity index is 0.00000144. The zero-order valence-electron chi connectivity index (χ0n) is 7.32. The van der Waals surface area contributed by atoms with Crippen molar-refractivity contribution in [2.75, 3.05) is 0 Å². The van der Waals surface area contributed by atoms with Crippen LogP contribution in [0.25, 0.3) is 0 Å². The molecule has 0 saturated heterocycles. The fraction of sp³-hybridized carbons (Fsp3) is 0.286. The van der Waals surface area contributed by atoms with E-state index in [2.05, 4.69) is 9.97 Å². The molecule has 0 spiro atoms. The number of carboxylic acid groups (broad SMARTS) is 1. The van der Waals surface area contributed by atoms with Gasteiger partial charge >= 0.3 is 51.4 Å². The van der Waals surface area contributed by atoms with Crippen LogP contribution in [0.2, 0.25) is 0 Å². The van der Waals surface area contributed by atoms with Gasteiger partial charge in [0.25, 0.3) is 0 Å². The maximum Gasteiger partial charge on any atom is 1.00 e. The Bertz CT molecular complexity index is 308. The molecule has 0 radical (unpaired) electrons. The number of rotatable bonds is 2. The van der Waals surface area contributed by atoms with Crippen LogP contribution in [0.5, 0.6) is 0 Å². The second kappa shape index (κ2) is 5.76. The third-order valence-corrected chi connectivity index (χ3v) is 1.46. The van der Waals surface area contributed by atoms with Crippen LogP contribution in [0.15, 0.2) is 12.5 Å². The van der Waals surface area contributed by atoms with Gasteiger partial charge in [0, 0.05) is 5.92 Å². The van der Waals surface area contributed by atoms with E-state index in [-0.39, 0.29) is 57.1 Å². The van der Waals surface area contributed by atoms with E-state index in [4.69, 9.17) is 0 Å². The number of halogens is 1. The van der Waals surface area contributed by atoms with E-state index >= 15 is 0 Å². The molecule has 0 aliphatic rings. The maximum absolute atomic E-state index is 12.8. The summed E-state index contributed by atoms with van der Waals surface area (Å²) in [5, 5.41) is 10.3. The van der Waals surface area contributed by atoms with E-state index in [9.17, 15) is 14.3 Å². The van der Waals surface area contributed by atoms with Gasteiger partial charge in [-0.15, -0.1) is 0 Å². The van der Waals surface area contributed by atoms with Crippen molar-refractivity contribution in [2.45, 2.75) is 12.8 Å². The summed E-state index contributed by atoms with van der Waals surface area (Å²) in [6, 6.07) is 0. The molecule has 0 N–H and O–H groups in total. The van der Waals surface area contributed by atoms with Crippen LogP contribution >= 0.6 is 0 Å². The predicted molar refractivity (Wildman–Crippen MR) is 35.4 cm³/mol. The molecular weight excluding hydrogens is 202 g/mol. The second-order valence-corrected chi connectivity index (χ2v) is 2.30. The first-order valence-corrected chi connectivity index (χ1v) is 3.29. The topological polar surface area (TPSA) is 65.9 Å². The first-order chi connectivity index (χ1) is 5.63. The van der Waals surface area contributed by atoms with Crippen molar-refractivity contribution in [1.82, 2.24) is 9.97 Å². The van der Waals surface area contributed by atoms with Gasteiger partial charge in [-0.1, -0.05) is 6.92 Å². The number of aromatic nitrogens is 2. The van der Waals surface area contributed by atoms with E-state index in [1.165, 1.54) is 6.92 Å². The Kier molecular flexibility index (Phi) is 5.82. The minimum absolute atomic E-state index is 0. The Morgan fingerprint density at radius 1 is 1.69 bits per heavy atom. The molecule has 1 aromatic heterocycles. The van der Waals surface area contributed by atoms with Crippen LogP contribution in [0.1, 0.15) is 18.5 Å². The van der Waals surface area contributed by atoms with Crippen molar-refractivity contribution >= 4 is 5.97 Å².